The molecule has 3 heteroatoms. The number of methoxy groups -OCH3 is 1. The summed E-state index contributed by atoms with van der Waals surface area (Å²) in [6.45, 7) is 3.99. The number of aryl methyl sites for hydroxylation is 2. The minimum absolute atomic E-state index is 0.908. The highest BCUT2D eigenvalue weighted by Gasteiger charge is 2.03. The van der Waals surface area contributed by atoms with Gasteiger partial charge in [-0.15, -0.1) is 0 Å². The van der Waals surface area contributed by atoms with Crippen molar-refractivity contribution in [2.75, 3.05) is 12.5 Å². The van der Waals surface area contributed by atoms with Crippen LogP contribution in [0, 0.1) is 13.8 Å². The Hall–Kier alpha value is -1.22. The Bertz CT molecular complexity index is 261. The molecule has 0 atom stereocenters. The van der Waals surface area contributed by atoms with E-state index in [1.54, 1.807) is 7.11 Å². The van der Waals surface area contributed by atoms with Gasteiger partial charge in [0.15, 0.2) is 0 Å². The summed E-state index contributed by atoms with van der Waals surface area (Å²) in [5.41, 5.74) is 5.69. The Morgan fingerprint density at radius 1 is 1.25 bits per heavy atom. The monoisotopic (exact) mass is 166 g/mol. The fourth-order valence-corrected chi connectivity index (χ4v) is 1.36. The van der Waals surface area contributed by atoms with Crippen molar-refractivity contribution in [3.8, 4) is 5.75 Å². The van der Waals surface area contributed by atoms with Crippen molar-refractivity contribution in [3.63, 3.8) is 0 Å². The number of hydrogen-bond acceptors (Lipinski definition) is 3. The molecule has 0 radical (unpaired) electrons. The van der Waals surface area contributed by atoms with Gasteiger partial charge in [-0.05, 0) is 37.1 Å². The lowest BCUT2D eigenvalue weighted by Gasteiger charge is -2.10. The Labute approximate surface area is 72.5 Å². The van der Waals surface area contributed by atoms with Crippen LogP contribution in [0.1, 0.15) is 11.1 Å². The summed E-state index contributed by atoms with van der Waals surface area (Å²) >= 11 is 0. The van der Waals surface area contributed by atoms with Gasteiger partial charge in [-0.2, -0.15) is 0 Å². The molecule has 3 N–H and O–H groups in total. The lowest BCUT2D eigenvalue weighted by atomic mass is 10.1. The normalized spacial score (nSPS) is 9.67. The lowest BCUT2D eigenvalue weighted by molar-refractivity contribution is 0.408. The van der Waals surface area contributed by atoms with Gasteiger partial charge in [0.25, 0.3) is 0 Å². The fraction of sp³-hybridized carbons (Fsp3) is 0.333. The zero-order valence-corrected chi connectivity index (χ0v) is 7.64. The molecule has 0 spiro atoms. The van der Waals surface area contributed by atoms with Crippen LogP contribution in [0.15, 0.2) is 12.1 Å². The predicted octanol–water partition coefficient (Wildman–Crippen LogP) is 1.60. The number of anilines is 1. The van der Waals surface area contributed by atoms with Crippen molar-refractivity contribution in [2.24, 2.45) is 5.84 Å². The third kappa shape index (κ3) is 1.51. The van der Waals surface area contributed by atoms with Crippen LogP contribution in [0.25, 0.3) is 0 Å². The number of hydrazine groups is 1. The second-order valence-corrected chi connectivity index (χ2v) is 2.79. The highest BCUT2D eigenvalue weighted by atomic mass is 16.5. The lowest BCUT2D eigenvalue weighted by Crippen LogP contribution is -2.07. The van der Waals surface area contributed by atoms with Crippen LogP contribution in [-0.4, -0.2) is 7.11 Å². The van der Waals surface area contributed by atoms with Gasteiger partial charge >= 0.3 is 0 Å². The maximum absolute atomic E-state index is 5.29. The van der Waals surface area contributed by atoms with Crippen LogP contribution in [-0.2, 0) is 0 Å². The predicted molar refractivity (Wildman–Crippen MR) is 50.3 cm³/mol. The van der Waals surface area contributed by atoms with Crippen LogP contribution in [0.3, 0.4) is 0 Å². The van der Waals surface area contributed by atoms with E-state index < -0.39 is 0 Å². The van der Waals surface area contributed by atoms with Gasteiger partial charge in [-0.25, -0.2) is 0 Å². The van der Waals surface area contributed by atoms with E-state index in [9.17, 15) is 0 Å². The molecule has 0 aliphatic heterocycles. The first kappa shape index (κ1) is 8.87. The highest BCUT2D eigenvalue weighted by Crippen LogP contribution is 2.25. The summed E-state index contributed by atoms with van der Waals surface area (Å²) in [6, 6.07) is 3.90. The molecule has 0 heterocycles. The first-order chi connectivity index (χ1) is 5.69. The minimum Gasteiger partial charge on any atom is -0.496 e. The number of nitrogens with two attached hydrogens (primary N) is 1. The van der Waals surface area contributed by atoms with E-state index in [2.05, 4.69) is 5.43 Å². The van der Waals surface area contributed by atoms with Gasteiger partial charge in [0, 0.05) is 5.69 Å². The van der Waals surface area contributed by atoms with Crippen molar-refractivity contribution in [1.82, 2.24) is 0 Å². The largest absolute Gasteiger partial charge is 0.496 e. The van der Waals surface area contributed by atoms with Crippen LogP contribution in [0.4, 0.5) is 5.69 Å². The molecule has 0 aliphatic rings. The summed E-state index contributed by atoms with van der Waals surface area (Å²) in [5, 5.41) is 0. The Balaban J connectivity index is 3.18. The summed E-state index contributed by atoms with van der Waals surface area (Å²) in [5.74, 6) is 6.21. The molecule has 0 aliphatic carbocycles. The minimum atomic E-state index is 0.908. The molecule has 0 saturated heterocycles. The molecule has 1 aromatic carbocycles. The molecular formula is C9H14N2O. The van der Waals surface area contributed by atoms with Crippen LogP contribution in [0.2, 0.25) is 0 Å². The smallest absolute Gasteiger partial charge is 0.124 e. The number of rotatable bonds is 2. The molecule has 0 bridgehead atoms. The first-order valence-electron chi connectivity index (χ1n) is 3.81. The zero-order valence-electron chi connectivity index (χ0n) is 7.64. The van der Waals surface area contributed by atoms with Gasteiger partial charge < -0.3 is 10.2 Å². The molecule has 66 valence electrons. The molecule has 12 heavy (non-hydrogen) atoms. The summed E-state index contributed by atoms with van der Waals surface area (Å²) < 4.78 is 5.21. The molecule has 0 saturated carbocycles. The summed E-state index contributed by atoms with van der Waals surface area (Å²) in [6.07, 6.45) is 0. The summed E-state index contributed by atoms with van der Waals surface area (Å²) in [7, 11) is 1.67. The molecule has 3 nitrogen and oxygen atoms in total. The van der Waals surface area contributed by atoms with Gasteiger partial charge in [-0.3, -0.25) is 5.84 Å². The van der Waals surface area contributed by atoms with Crippen LogP contribution < -0.4 is 16.0 Å². The van der Waals surface area contributed by atoms with Crippen LogP contribution in [0.5, 0.6) is 5.75 Å². The van der Waals surface area contributed by atoms with E-state index in [4.69, 9.17) is 10.6 Å². The van der Waals surface area contributed by atoms with Gasteiger partial charge in [0.2, 0.25) is 0 Å². The van der Waals surface area contributed by atoms with E-state index in [1.165, 1.54) is 0 Å². The van der Waals surface area contributed by atoms with Gasteiger partial charge in [0.1, 0.15) is 5.75 Å². The number of nitrogens with one attached hydrogen (secondary N) is 1. The molecule has 0 unspecified atom stereocenters. The molecule has 1 aromatic rings. The van der Waals surface area contributed by atoms with E-state index >= 15 is 0 Å². The Morgan fingerprint density at radius 3 is 2.08 bits per heavy atom. The average Bonchev–Trinajstić information content (AvgIpc) is 2.03. The Kier molecular flexibility index (Phi) is 2.55. The van der Waals surface area contributed by atoms with E-state index in [0.717, 1.165) is 22.6 Å². The highest BCUT2D eigenvalue weighted by molar-refractivity contribution is 5.54. The molecule has 0 amide bonds. The summed E-state index contributed by atoms with van der Waals surface area (Å²) in [4.78, 5) is 0. The quantitative estimate of drug-likeness (QED) is 0.518. The van der Waals surface area contributed by atoms with Crippen molar-refractivity contribution >= 4 is 5.69 Å². The third-order valence-corrected chi connectivity index (χ3v) is 1.83. The zero-order chi connectivity index (χ0) is 9.14. The second-order valence-electron chi connectivity index (χ2n) is 2.79. The SMILES string of the molecule is COc1c(C)cc(NN)cc1C. The van der Waals surface area contributed by atoms with E-state index in [0.29, 0.717) is 0 Å². The number of ether oxygens (including phenoxy) is 1. The Morgan fingerprint density at radius 2 is 1.75 bits per heavy atom. The standard InChI is InChI=1S/C9H14N2O/c1-6-4-8(11-10)5-7(2)9(6)12-3/h4-5,11H,10H2,1-3H3. The molecule has 1 rings (SSSR count). The van der Waals surface area contributed by atoms with Crippen molar-refractivity contribution in [2.45, 2.75) is 13.8 Å². The van der Waals surface area contributed by atoms with Crippen LogP contribution >= 0.6 is 0 Å². The maximum atomic E-state index is 5.29. The average molecular weight is 166 g/mol. The van der Waals surface area contributed by atoms with E-state index in [1.807, 2.05) is 26.0 Å². The van der Waals surface area contributed by atoms with Gasteiger partial charge in [-0.1, -0.05) is 0 Å². The molecular weight excluding hydrogens is 152 g/mol. The third-order valence-electron chi connectivity index (χ3n) is 1.83. The van der Waals surface area contributed by atoms with Crippen molar-refractivity contribution < 1.29 is 4.74 Å². The second kappa shape index (κ2) is 3.45. The maximum Gasteiger partial charge on any atom is 0.124 e. The van der Waals surface area contributed by atoms with Crippen molar-refractivity contribution in [3.05, 3.63) is 23.3 Å². The number of nitrogen functional groups attached to an aromatic ring is 1. The first-order valence-corrected chi connectivity index (χ1v) is 3.81. The fourth-order valence-electron chi connectivity index (χ4n) is 1.36. The van der Waals surface area contributed by atoms with E-state index in [-0.39, 0.29) is 0 Å². The topological polar surface area (TPSA) is 47.3 Å². The number of hydrogen-bond donors (Lipinski definition) is 2. The molecule has 0 fully saturated rings. The van der Waals surface area contributed by atoms with Gasteiger partial charge in [0.05, 0.1) is 7.11 Å². The van der Waals surface area contributed by atoms with Crippen molar-refractivity contribution in [1.29, 1.82) is 0 Å². The molecule has 0 aromatic heterocycles. The number of benzene rings is 1.